The van der Waals surface area contributed by atoms with E-state index in [-0.39, 0.29) is 36.0 Å². The Labute approximate surface area is 193 Å². The number of halogens is 3. The van der Waals surface area contributed by atoms with E-state index < -0.39 is 5.25 Å². The fourth-order valence-electron chi connectivity index (χ4n) is 2.76. The summed E-state index contributed by atoms with van der Waals surface area (Å²) in [5.74, 6) is 0.0387. The van der Waals surface area contributed by atoms with Crippen molar-refractivity contribution < 1.29 is 18.7 Å². The van der Waals surface area contributed by atoms with Gasteiger partial charge in [0.05, 0.1) is 10.7 Å². The van der Waals surface area contributed by atoms with Gasteiger partial charge in [-0.15, -0.1) is 10.2 Å². The molecule has 1 saturated heterocycles. The Bertz CT molecular complexity index is 1110. The molecule has 1 aliphatic rings. The van der Waals surface area contributed by atoms with E-state index in [0.29, 0.717) is 21.5 Å². The van der Waals surface area contributed by atoms with Crippen molar-refractivity contribution in [3.05, 3.63) is 62.9 Å². The fourth-order valence-corrected chi connectivity index (χ4v) is 4.39. The van der Waals surface area contributed by atoms with Gasteiger partial charge in [0.1, 0.15) is 11.0 Å². The van der Waals surface area contributed by atoms with Crippen molar-refractivity contribution in [2.75, 3.05) is 4.90 Å². The monoisotopic (exact) mass is 527 g/mol. The van der Waals surface area contributed by atoms with E-state index in [1.165, 1.54) is 4.90 Å². The number of carbonyl (C=O) groups excluding carboxylic acids is 2. The number of hydrogen-bond donors (Lipinski definition) is 0. The summed E-state index contributed by atoms with van der Waals surface area (Å²) < 4.78 is 11.9. The molecule has 0 radical (unpaired) electrons. The standard InChI is InChI=1S/C19H12BrCl2N3O4S/c20-10-1-4-12(5-2-10)25-17(26)8-15(18(25)27)30-19-24-23-16(29-19)9-28-14-6-3-11(21)7-13(14)22/h1-7,15H,8-9H2. The number of anilines is 1. The van der Waals surface area contributed by atoms with Crippen molar-refractivity contribution >= 4 is 68.4 Å². The lowest BCUT2D eigenvalue weighted by Gasteiger charge is -2.14. The molecule has 0 aliphatic carbocycles. The summed E-state index contributed by atoms with van der Waals surface area (Å²) in [5, 5.41) is 8.23. The molecule has 2 aromatic carbocycles. The molecule has 7 nitrogen and oxygen atoms in total. The molecular formula is C19H12BrCl2N3O4S. The second-order valence-corrected chi connectivity index (χ2v) is 9.09. The van der Waals surface area contributed by atoms with Crippen molar-refractivity contribution in [3.8, 4) is 5.75 Å². The first kappa shape index (κ1) is 21.2. The molecule has 0 saturated carbocycles. The highest BCUT2D eigenvalue weighted by Crippen LogP contribution is 2.34. The van der Waals surface area contributed by atoms with Crippen LogP contribution in [0.2, 0.25) is 10.0 Å². The van der Waals surface area contributed by atoms with E-state index in [0.717, 1.165) is 16.2 Å². The summed E-state index contributed by atoms with van der Waals surface area (Å²) in [4.78, 5) is 26.3. The lowest BCUT2D eigenvalue weighted by atomic mass is 10.3. The first-order valence-electron chi connectivity index (χ1n) is 8.60. The van der Waals surface area contributed by atoms with E-state index in [2.05, 4.69) is 26.1 Å². The minimum atomic E-state index is -0.638. The maximum atomic E-state index is 12.7. The predicted octanol–water partition coefficient (Wildman–Crippen LogP) is 5.14. The molecule has 1 unspecified atom stereocenters. The van der Waals surface area contributed by atoms with Gasteiger partial charge in [0.2, 0.25) is 11.8 Å². The highest BCUT2D eigenvalue weighted by atomic mass is 79.9. The molecule has 1 aliphatic heterocycles. The minimum absolute atomic E-state index is 0.00251. The molecule has 0 N–H and O–H groups in total. The molecule has 11 heteroatoms. The van der Waals surface area contributed by atoms with Gasteiger partial charge >= 0.3 is 0 Å². The van der Waals surface area contributed by atoms with Gasteiger partial charge in [0.15, 0.2) is 6.61 Å². The number of thioether (sulfide) groups is 1. The van der Waals surface area contributed by atoms with Crippen LogP contribution in [0.25, 0.3) is 0 Å². The number of nitrogens with zero attached hydrogens (tertiary/aromatic N) is 3. The highest BCUT2D eigenvalue weighted by molar-refractivity contribution is 9.10. The number of ether oxygens (including phenoxy) is 1. The van der Waals surface area contributed by atoms with E-state index in [1.807, 2.05) is 0 Å². The molecule has 154 valence electrons. The van der Waals surface area contributed by atoms with Crippen LogP contribution in [-0.2, 0) is 16.2 Å². The lowest BCUT2D eigenvalue weighted by molar-refractivity contribution is -0.121. The quantitative estimate of drug-likeness (QED) is 0.409. The zero-order valence-electron chi connectivity index (χ0n) is 15.0. The Morgan fingerprint density at radius 1 is 1.17 bits per heavy atom. The Hall–Kier alpha value is -2.07. The van der Waals surface area contributed by atoms with Crippen molar-refractivity contribution in [3.63, 3.8) is 0 Å². The first-order chi connectivity index (χ1) is 14.4. The second kappa shape index (κ2) is 8.97. The zero-order valence-corrected chi connectivity index (χ0v) is 19.0. The molecule has 0 spiro atoms. The Morgan fingerprint density at radius 3 is 2.67 bits per heavy atom. The molecule has 2 heterocycles. The molecule has 0 bridgehead atoms. The number of carbonyl (C=O) groups is 2. The van der Waals surface area contributed by atoms with Gasteiger partial charge in [-0.2, -0.15) is 0 Å². The minimum Gasteiger partial charge on any atom is -0.482 e. The van der Waals surface area contributed by atoms with Gasteiger partial charge in [-0.3, -0.25) is 9.59 Å². The summed E-state index contributed by atoms with van der Waals surface area (Å²) in [5.41, 5.74) is 0.524. The van der Waals surface area contributed by atoms with Crippen molar-refractivity contribution in [1.29, 1.82) is 0 Å². The lowest BCUT2D eigenvalue weighted by Crippen LogP contribution is -2.31. The topological polar surface area (TPSA) is 85.5 Å². The zero-order chi connectivity index (χ0) is 21.3. The Kier molecular flexibility index (Phi) is 6.33. The van der Waals surface area contributed by atoms with Gasteiger partial charge in [-0.05, 0) is 42.5 Å². The van der Waals surface area contributed by atoms with Crippen molar-refractivity contribution in [2.45, 2.75) is 23.5 Å². The van der Waals surface area contributed by atoms with Crippen molar-refractivity contribution in [2.24, 2.45) is 0 Å². The molecule has 4 rings (SSSR count). The average molecular weight is 529 g/mol. The molecule has 30 heavy (non-hydrogen) atoms. The van der Waals surface area contributed by atoms with Crippen LogP contribution in [0.4, 0.5) is 5.69 Å². The van der Waals surface area contributed by atoms with Crippen LogP contribution >= 0.6 is 50.9 Å². The second-order valence-electron chi connectivity index (χ2n) is 6.18. The number of amides is 2. The Balaban J connectivity index is 1.39. The van der Waals surface area contributed by atoms with Crippen LogP contribution < -0.4 is 9.64 Å². The van der Waals surface area contributed by atoms with E-state index in [9.17, 15) is 9.59 Å². The predicted molar refractivity (Wildman–Crippen MR) is 116 cm³/mol. The van der Waals surface area contributed by atoms with Crippen LogP contribution in [0.15, 0.2) is 56.6 Å². The fraction of sp³-hybridized carbons (Fsp3) is 0.158. The Morgan fingerprint density at radius 2 is 1.93 bits per heavy atom. The normalized spacial score (nSPS) is 16.4. The SMILES string of the molecule is O=C1CC(Sc2nnc(COc3ccc(Cl)cc3Cl)o2)C(=O)N1c1ccc(Br)cc1. The maximum absolute atomic E-state index is 12.7. The average Bonchev–Trinajstić information content (AvgIpc) is 3.26. The summed E-state index contributed by atoms with van der Waals surface area (Å²) in [6.45, 7) is -0.00251. The van der Waals surface area contributed by atoms with Crippen molar-refractivity contribution in [1.82, 2.24) is 10.2 Å². The summed E-state index contributed by atoms with van der Waals surface area (Å²) in [6, 6.07) is 11.8. The largest absolute Gasteiger partial charge is 0.482 e. The number of hydrogen-bond acceptors (Lipinski definition) is 7. The van der Waals surface area contributed by atoms with Gasteiger partial charge in [-0.25, -0.2) is 4.90 Å². The van der Waals surface area contributed by atoms with Crippen LogP contribution in [0.3, 0.4) is 0 Å². The summed E-state index contributed by atoms with van der Waals surface area (Å²) in [6.07, 6.45) is 0.0498. The van der Waals surface area contributed by atoms with E-state index in [1.54, 1.807) is 42.5 Å². The summed E-state index contributed by atoms with van der Waals surface area (Å²) >= 11 is 16.3. The van der Waals surface area contributed by atoms with Gasteiger partial charge in [-0.1, -0.05) is 50.9 Å². The van der Waals surface area contributed by atoms with Crippen LogP contribution in [-0.4, -0.2) is 27.3 Å². The van der Waals surface area contributed by atoms with Crippen LogP contribution in [0.5, 0.6) is 5.75 Å². The molecule has 2 amide bonds. The van der Waals surface area contributed by atoms with E-state index >= 15 is 0 Å². The van der Waals surface area contributed by atoms with Gasteiger partial charge < -0.3 is 9.15 Å². The van der Waals surface area contributed by atoms with E-state index in [4.69, 9.17) is 32.4 Å². The first-order valence-corrected chi connectivity index (χ1v) is 11.0. The van der Waals surface area contributed by atoms with Crippen LogP contribution in [0, 0.1) is 0 Å². The molecule has 1 atom stereocenters. The maximum Gasteiger partial charge on any atom is 0.277 e. The van der Waals surface area contributed by atoms with Crippen LogP contribution in [0.1, 0.15) is 12.3 Å². The molecule has 3 aromatic rings. The third-order valence-electron chi connectivity index (χ3n) is 4.13. The molecular weight excluding hydrogens is 517 g/mol. The smallest absolute Gasteiger partial charge is 0.277 e. The summed E-state index contributed by atoms with van der Waals surface area (Å²) in [7, 11) is 0. The number of benzene rings is 2. The molecule has 1 fully saturated rings. The third kappa shape index (κ3) is 4.64. The van der Waals surface area contributed by atoms with Gasteiger partial charge in [0, 0.05) is 15.9 Å². The number of aromatic nitrogens is 2. The third-order valence-corrected chi connectivity index (χ3v) is 6.21. The van der Waals surface area contributed by atoms with Gasteiger partial charge in [0.25, 0.3) is 11.1 Å². The highest BCUT2D eigenvalue weighted by Gasteiger charge is 2.41. The number of imide groups is 1. The number of rotatable bonds is 6. The molecule has 1 aromatic heterocycles.